The van der Waals surface area contributed by atoms with Crippen molar-refractivity contribution in [1.29, 1.82) is 0 Å². The number of amidine groups is 1. The van der Waals surface area contributed by atoms with Gasteiger partial charge in [-0.05, 0) is 56.4 Å². The standard InChI is InChI=1S/C17H19BrFN9O6S/c1-20-35(31,32)6-5-21-15-14(24-34-26-15)16(23-10-3-4-13(19)12(18)7-10)25-33-9-11-8-22-17(27(11)2)28(29)30/h3-4,7-8,20H,5-6,9H2,1-2H3,(H,21,26)(H,23,25). The van der Waals surface area contributed by atoms with E-state index in [0.717, 1.165) is 0 Å². The van der Waals surface area contributed by atoms with Gasteiger partial charge in [0.25, 0.3) is 0 Å². The lowest BCUT2D eigenvalue weighted by Crippen LogP contribution is -2.28. The van der Waals surface area contributed by atoms with Crippen LogP contribution in [0.1, 0.15) is 11.4 Å². The van der Waals surface area contributed by atoms with Gasteiger partial charge in [-0.2, -0.15) is 0 Å². The van der Waals surface area contributed by atoms with Gasteiger partial charge < -0.3 is 15.4 Å². The fourth-order valence-corrected chi connectivity index (χ4v) is 3.53. The molecule has 2 heterocycles. The third-order valence-corrected chi connectivity index (χ3v) is 6.41. The van der Waals surface area contributed by atoms with Crippen molar-refractivity contribution >= 4 is 49.2 Å². The fourth-order valence-electron chi connectivity index (χ4n) is 2.59. The predicted molar refractivity (Wildman–Crippen MR) is 124 cm³/mol. The molecule has 3 rings (SSSR count). The van der Waals surface area contributed by atoms with Gasteiger partial charge in [0, 0.05) is 6.54 Å². The highest BCUT2D eigenvalue weighted by molar-refractivity contribution is 9.10. The number of hydroxylamine groups is 1. The monoisotopic (exact) mass is 575 g/mol. The molecule has 3 N–H and O–H groups in total. The van der Waals surface area contributed by atoms with Crippen molar-refractivity contribution < 1.29 is 27.2 Å². The molecule has 15 nitrogen and oxygen atoms in total. The number of halogens is 2. The number of sulfonamides is 1. The molecule has 0 saturated carbocycles. The molecule has 0 aliphatic carbocycles. The zero-order valence-electron chi connectivity index (χ0n) is 18.2. The third kappa shape index (κ3) is 6.78. The number of nitrogens with one attached hydrogen (secondary N) is 3. The molecule has 0 aliphatic rings. The highest BCUT2D eigenvalue weighted by atomic mass is 79.9. The third-order valence-electron chi connectivity index (χ3n) is 4.44. The molecule has 0 atom stereocenters. The molecule has 35 heavy (non-hydrogen) atoms. The molecule has 0 spiro atoms. The van der Waals surface area contributed by atoms with Gasteiger partial charge in [-0.15, -0.1) is 0 Å². The number of nitrogens with zero attached hydrogens (tertiary/aromatic N) is 6. The van der Waals surface area contributed by atoms with Crippen LogP contribution in [0.3, 0.4) is 0 Å². The number of imidazole rings is 1. The Morgan fingerprint density at radius 2 is 2.17 bits per heavy atom. The lowest BCUT2D eigenvalue weighted by molar-refractivity contribution is -0.396. The highest BCUT2D eigenvalue weighted by Crippen LogP contribution is 2.23. The van der Waals surface area contributed by atoms with Crippen LogP contribution in [0, 0.1) is 15.9 Å². The number of anilines is 1. The first-order valence-corrected chi connectivity index (χ1v) is 12.1. The molecule has 0 saturated heterocycles. The quantitative estimate of drug-likeness (QED) is 0.129. The Bertz CT molecular complexity index is 1340. The van der Waals surface area contributed by atoms with Gasteiger partial charge >= 0.3 is 5.95 Å². The Hall–Kier alpha value is -3.48. The van der Waals surface area contributed by atoms with Gasteiger partial charge in [-0.3, -0.25) is 4.84 Å². The number of hydrogen-bond acceptors (Lipinski definition) is 11. The van der Waals surface area contributed by atoms with Crippen LogP contribution in [0.2, 0.25) is 0 Å². The second kappa shape index (κ2) is 11.3. The molecule has 0 fully saturated rings. The lowest BCUT2D eigenvalue weighted by Gasteiger charge is -2.10. The molecule has 0 aliphatic heterocycles. The number of hydrogen-bond donors (Lipinski definition) is 3. The first-order valence-electron chi connectivity index (χ1n) is 9.66. The van der Waals surface area contributed by atoms with Gasteiger partial charge in [-0.25, -0.2) is 37.2 Å². The molecule has 2 aromatic heterocycles. The van der Waals surface area contributed by atoms with Crippen LogP contribution in [-0.4, -0.2) is 58.4 Å². The van der Waals surface area contributed by atoms with E-state index in [2.05, 4.69) is 51.7 Å². The molecule has 18 heteroatoms. The molecular formula is C17H19BrFN9O6S. The van der Waals surface area contributed by atoms with Gasteiger partial charge in [0.1, 0.15) is 24.3 Å². The zero-order chi connectivity index (χ0) is 25.6. The number of nitro groups is 1. The molecule has 1 aromatic carbocycles. The van der Waals surface area contributed by atoms with Crippen LogP contribution in [0.15, 0.2) is 38.5 Å². The fraction of sp³-hybridized carbons (Fsp3) is 0.294. The first-order chi connectivity index (χ1) is 16.6. The maximum absolute atomic E-state index is 13.6. The van der Waals surface area contributed by atoms with Crippen LogP contribution >= 0.6 is 15.9 Å². The Balaban J connectivity index is 1.83. The second-order valence-corrected chi connectivity index (χ2v) is 9.63. The van der Waals surface area contributed by atoms with Crippen molar-refractivity contribution in [3.8, 4) is 0 Å². The normalized spacial score (nSPS) is 12.1. The van der Waals surface area contributed by atoms with E-state index < -0.39 is 20.8 Å². The SMILES string of the molecule is CNS(=O)(=O)CCNc1nonc1C(=Nc1ccc(F)c(Br)c1)NOCc1cnc([N+](=O)[O-])n1C. The van der Waals surface area contributed by atoms with E-state index in [4.69, 9.17) is 9.47 Å². The van der Waals surface area contributed by atoms with E-state index >= 15 is 0 Å². The van der Waals surface area contributed by atoms with Crippen LogP contribution in [0.5, 0.6) is 0 Å². The number of benzene rings is 1. The molecule has 3 aromatic rings. The summed E-state index contributed by atoms with van der Waals surface area (Å²) < 4.78 is 45.3. The van der Waals surface area contributed by atoms with Gasteiger partial charge in [0.15, 0.2) is 11.5 Å². The molecule has 188 valence electrons. The Morgan fingerprint density at radius 1 is 1.40 bits per heavy atom. The topological polar surface area (TPSA) is 192 Å². The van der Waals surface area contributed by atoms with E-state index in [1.54, 1.807) is 0 Å². The molecule has 0 unspecified atom stereocenters. The smallest absolute Gasteiger partial charge is 0.390 e. The minimum absolute atomic E-state index is 0.0274. The summed E-state index contributed by atoms with van der Waals surface area (Å²) in [5.74, 6) is -1.08. The average Bonchev–Trinajstić information content (AvgIpc) is 3.42. The zero-order valence-corrected chi connectivity index (χ0v) is 20.6. The molecule has 0 radical (unpaired) electrons. The minimum Gasteiger partial charge on any atom is -0.390 e. The maximum atomic E-state index is 13.6. The minimum atomic E-state index is -3.48. The van der Waals surface area contributed by atoms with E-state index in [1.807, 2.05) is 0 Å². The molecule has 0 bridgehead atoms. The summed E-state index contributed by atoms with van der Waals surface area (Å²) in [5, 5.41) is 21.2. The second-order valence-electron chi connectivity index (χ2n) is 6.73. The number of aliphatic imine (C=N–C) groups is 1. The average molecular weight is 576 g/mol. The van der Waals surface area contributed by atoms with E-state index in [9.17, 15) is 22.9 Å². The van der Waals surface area contributed by atoms with Crippen molar-refractivity contribution in [1.82, 2.24) is 30.1 Å². The maximum Gasteiger partial charge on any atom is 0.434 e. The summed E-state index contributed by atoms with van der Waals surface area (Å²) >= 11 is 3.08. The largest absolute Gasteiger partial charge is 0.434 e. The van der Waals surface area contributed by atoms with Crippen LogP contribution in [0.25, 0.3) is 0 Å². The Labute approximate surface area is 206 Å². The highest BCUT2D eigenvalue weighted by Gasteiger charge is 2.20. The summed E-state index contributed by atoms with van der Waals surface area (Å²) in [6, 6.07) is 3.99. The summed E-state index contributed by atoms with van der Waals surface area (Å²) in [6.07, 6.45) is 1.28. The van der Waals surface area contributed by atoms with Gasteiger partial charge in [-0.1, -0.05) is 4.98 Å². The van der Waals surface area contributed by atoms with Crippen molar-refractivity contribution in [3.05, 3.63) is 56.2 Å². The Kier molecular flexibility index (Phi) is 8.43. The Morgan fingerprint density at radius 3 is 2.83 bits per heavy atom. The van der Waals surface area contributed by atoms with Gasteiger partial charge in [0.2, 0.25) is 15.8 Å². The summed E-state index contributed by atoms with van der Waals surface area (Å²) in [5.41, 5.74) is 3.28. The summed E-state index contributed by atoms with van der Waals surface area (Å²) in [7, 11) is -0.725. The lowest BCUT2D eigenvalue weighted by atomic mass is 10.3. The van der Waals surface area contributed by atoms with Crippen LogP contribution in [0.4, 0.5) is 21.8 Å². The van der Waals surface area contributed by atoms with Crippen LogP contribution in [-0.2, 0) is 28.5 Å². The number of rotatable bonds is 11. The summed E-state index contributed by atoms with van der Waals surface area (Å²) in [6.45, 7) is -0.183. The summed E-state index contributed by atoms with van der Waals surface area (Å²) in [4.78, 5) is 23.8. The molecular weight excluding hydrogens is 557 g/mol. The van der Waals surface area contributed by atoms with Crippen molar-refractivity contribution in [2.24, 2.45) is 12.0 Å². The number of aromatic nitrogens is 4. The van der Waals surface area contributed by atoms with Gasteiger partial charge in [0.05, 0.1) is 23.0 Å². The predicted octanol–water partition coefficient (Wildman–Crippen LogP) is 1.37. The van der Waals surface area contributed by atoms with Crippen molar-refractivity contribution in [2.75, 3.05) is 24.7 Å². The van der Waals surface area contributed by atoms with Crippen molar-refractivity contribution in [3.63, 3.8) is 0 Å². The molecule has 0 amide bonds. The van der Waals surface area contributed by atoms with E-state index in [1.165, 1.54) is 43.1 Å². The van der Waals surface area contributed by atoms with E-state index in [-0.39, 0.29) is 46.7 Å². The van der Waals surface area contributed by atoms with Crippen LogP contribution < -0.4 is 15.5 Å². The van der Waals surface area contributed by atoms with Crippen molar-refractivity contribution in [2.45, 2.75) is 6.61 Å². The van der Waals surface area contributed by atoms with E-state index in [0.29, 0.717) is 11.4 Å². The first kappa shape index (κ1) is 26.1.